The van der Waals surface area contributed by atoms with Gasteiger partial charge in [-0.05, 0) is 32.1 Å². The Bertz CT molecular complexity index is 533. The molecule has 0 aliphatic rings. The lowest BCUT2D eigenvalue weighted by Gasteiger charge is -2.16. The Hall–Kier alpha value is -1.39. The van der Waals surface area contributed by atoms with Gasteiger partial charge in [-0.1, -0.05) is 43.7 Å². The first-order valence-electron chi connectivity index (χ1n) is 7.48. The highest BCUT2D eigenvalue weighted by Crippen LogP contribution is 2.20. The summed E-state index contributed by atoms with van der Waals surface area (Å²) < 4.78 is 0. The van der Waals surface area contributed by atoms with Gasteiger partial charge in [-0.15, -0.1) is 22.0 Å². The second-order valence-corrected chi connectivity index (χ2v) is 6.11. The third-order valence-corrected chi connectivity index (χ3v) is 4.44. The van der Waals surface area contributed by atoms with Crippen LogP contribution in [-0.4, -0.2) is 40.5 Å². The number of thioether (sulfide) groups is 1. The summed E-state index contributed by atoms with van der Waals surface area (Å²) in [5.74, 6) is 1.06. The van der Waals surface area contributed by atoms with E-state index in [-0.39, 0.29) is 0 Å². The Kier molecular flexibility index (Phi) is 6.21. The second-order valence-electron chi connectivity index (χ2n) is 5.00. The van der Waals surface area contributed by atoms with Gasteiger partial charge in [-0.3, -0.25) is 0 Å². The first-order valence-corrected chi connectivity index (χ1v) is 8.47. The van der Waals surface area contributed by atoms with Gasteiger partial charge >= 0.3 is 0 Å². The topological polar surface area (TPSA) is 29.0 Å². The van der Waals surface area contributed by atoms with Crippen molar-refractivity contribution in [3.63, 3.8) is 0 Å². The van der Waals surface area contributed by atoms with E-state index in [2.05, 4.69) is 72.3 Å². The molecular weight excluding hydrogens is 278 g/mol. The lowest BCUT2D eigenvalue weighted by Crippen LogP contribution is -2.25. The van der Waals surface area contributed by atoms with Crippen LogP contribution < -0.4 is 0 Å². The Morgan fingerprint density at radius 3 is 2.24 bits per heavy atom. The molecule has 0 unspecified atom stereocenters. The third-order valence-electron chi connectivity index (χ3n) is 3.54. The molecule has 1 aromatic heterocycles. The van der Waals surface area contributed by atoms with Crippen molar-refractivity contribution in [1.29, 1.82) is 0 Å². The highest BCUT2D eigenvalue weighted by Gasteiger charge is 2.03. The van der Waals surface area contributed by atoms with Crippen LogP contribution in [0.25, 0.3) is 11.3 Å². The zero-order valence-electron chi connectivity index (χ0n) is 13.0. The summed E-state index contributed by atoms with van der Waals surface area (Å²) in [6, 6.07) is 12.5. The van der Waals surface area contributed by atoms with Crippen molar-refractivity contribution >= 4 is 11.8 Å². The zero-order valence-corrected chi connectivity index (χ0v) is 13.9. The summed E-state index contributed by atoms with van der Waals surface area (Å²) in [5, 5.41) is 9.65. The maximum absolute atomic E-state index is 4.33. The van der Waals surface area contributed by atoms with Crippen LogP contribution >= 0.6 is 11.8 Å². The molecule has 0 aliphatic heterocycles. The molecule has 0 amide bonds. The number of hydrogen-bond donors (Lipinski definition) is 0. The number of nitrogens with zero attached hydrogens (tertiary/aromatic N) is 3. The molecule has 0 N–H and O–H groups in total. The summed E-state index contributed by atoms with van der Waals surface area (Å²) in [6.45, 7) is 9.79. The lowest BCUT2D eigenvalue weighted by atomic mass is 10.1. The predicted molar refractivity (Wildman–Crippen MR) is 90.7 cm³/mol. The summed E-state index contributed by atoms with van der Waals surface area (Å²) in [4.78, 5) is 2.42. The molecule has 3 nitrogen and oxygen atoms in total. The number of aromatic nitrogens is 2. The molecular formula is C17H23N3S. The minimum absolute atomic E-state index is 0.933. The van der Waals surface area contributed by atoms with Gasteiger partial charge in [0.2, 0.25) is 0 Å². The van der Waals surface area contributed by atoms with Gasteiger partial charge in [-0.25, -0.2) is 0 Å². The van der Waals surface area contributed by atoms with Gasteiger partial charge in [-0.2, -0.15) is 0 Å². The Morgan fingerprint density at radius 2 is 1.67 bits per heavy atom. The number of hydrogen-bond acceptors (Lipinski definition) is 4. The molecule has 1 aromatic carbocycles. The highest BCUT2D eigenvalue weighted by molar-refractivity contribution is 7.99. The van der Waals surface area contributed by atoms with Gasteiger partial charge in [0.1, 0.15) is 5.03 Å². The summed E-state index contributed by atoms with van der Waals surface area (Å²) in [6.07, 6.45) is 0. The van der Waals surface area contributed by atoms with Gasteiger partial charge < -0.3 is 4.90 Å². The number of aryl methyl sites for hydroxylation is 1. The van der Waals surface area contributed by atoms with E-state index in [4.69, 9.17) is 0 Å². The molecule has 0 fully saturated rings. The average Bonchev–Trinajstić information content (AvgIpc) is 2.53. The van der Waals surface area contributed by atoms with Crippen LogP contribution in [0.3, 0.4) is 0 Å². The van der Waals surface area contributed by atoms with Gasteiger partial charge in [0.25, 0.3) is 0 Å². The lowest BCUT2D eigenvalue weighted by molar-refractivity contribution is 0.324. The third kappa shape index (κ3) is 4.83. The van der Waals surface area contributed by atoms with E-state index >= 15 is 0 Å². The average molecular weight is 301 g/mol. The molecule has 0 saturated heterocycles. The van der Waals surface area contributed by atoms with E-state index in [1.54, 1.807) is 11.8 Å². The molecule has 0 bridgehead atoms. The van der Waals surface area contributed by atoms with Crippen molar-refractivity contribution in [2.45, 2.75) is 25.8 Å². The maximum Gasteiger partial charge on any atom is 0.119 e. The van der Waals surface area contributed by atoms with E-state index in [0.717, 1.165) is 41.7 Å². The molecule has 0 spiro atoms. The van der Waals surface area contributed by atoms with Crippen LogP contribution in [0.15, 0.2) is 41.4 Å². The van der Waals surface area contributed by atoms with Gasteiger partial charge in [0, 0.05) is 17.9 Å². The van der Waals surface area contributed by atoms with Crippen LogP contribution in [0.2, 0.25) is 0 Å². The van der Waals surface area contributed by atoms with E-state index in [9.17, 15) is 0 Å². The highest BCUT2D eigenvalue weighted by atomic mass is 32.2. The fraction of sp³-hybridized carbons (Fsp3) is 0.412. The number of benzene rings is 1. The maximum atomic E-state index is 4.33. The first kappa shape index (κ1) is 16.0. The van der Waals surface area contributed by atoms with Crippen LogP contribution in [0, 0.1) is 6.92 Å². The quantitative estimate of drug-likeness (QED) is 0.726. The van der Waals surface area contributed by atoms with Crippen molar-refractivity contribution in [2.24, 2.45) is 0 Å². The Morgan fingerprint density at radius 1 is 0.952 bits per heavy atom. The number of rotatable bonds is 7. The van der Waals surface area contributed by atoms with E-state index < -0.39 is 0 Å². The molecule has 0 atom stereocenters. The van der Waals surface area contributed by atoms with Gasteiger partial charge in [0.05, 0.1) is 5.69 Å². The fourth-order valence-corrected chi connectivity index (χ4v) is 2.92. The van der Waals surface area contributed by atoms with Crippen LogP contribution in [-0.2, 0) is 0 Å². The zero-order chi connectivity index (χ0) is 15.1. The smallest absolute Gasteiger partial charge is 0.119 e. The predicted octanol–water partition coefficient (Wildman–Crippen LogP) is 3.89. The molecule has 4 heteroatoms. The molecule has 0 saturated carbocycles. The van der Waals surface area contributed by atoms with Crippen molar-refractivity contribution in [1.82, 2.24) is 15.1 Å². The molecule has 112 valence electrons. The monoisotopic (exact) mass is 301 g/mol. The normalized spacial score (nSPS) is 11.0. The van der Waals surface area contributed by atoms with E-state index in [1.165, 1.54) is 5.56 Å². The largest absolute Gasteiger partial charge is 0.303 e. The van der Waals surface area contributed by atoms with Crippen LogP contribution in [0.4, 0.5) is 0 Å². The van der Waals surface area contributed by atoms with Crippen LogP contribution in [0.5, 0.6) is 0 Å². The van der Waals surface area contributed by atoms with Crippen LogP contribution in [0.1, 0.15) is 19.4 Å². The molecule has 0 radical (unpaired) electrons. The molecule has 2 aromatic rings. The van der Waals surface area contributed by atoms with Crippen molar-refractivity contribution in [2.75, 3.05) is 25.4 Å². The summed E-state index contributed by atoms with van der Waals surface area (Å²) >= 11 is 1.77. The molecule has 0 aliphatic carbocycles. The first-order chi connectivity index (χ1) is 10.2. The van der Waals surface area contributed by atoms with Crippen molar-refractivity contribution in [3.8, 4) is 11.3 Å². The Labute approximate surface area is 131 Å². The van der Waals surface area contributed by atoms with Crippen molar-refractivity contribution < 1.29 is 0 Å². The molecule has 2 rings (SSSR count). The standard InChI is InChI=1S/C17H23N3S/c1-4-20(5-2)12-13-21-17-11-10-16(18-19-17)15-8-6-14(3)7-9-15/h6-11H,4-5,12-13H2,1-3H3. The van der Waals surface area contributed by atoms with E-state index in [1.807, 2.05) is 0 Å². The van der Waals surface area contributed by atoms with Gasteiger partial charge in [0.15, 0.2) is 0 Å². The second kappa shape index (κ2) is 8.15. The SMILES string of the molecule is CCN(CC)CCSc1ccc(-c2ccc(C)cc2)nn1. The summed E-state index contributed by atoms with van der Waals surface area (Å²) in [5.41, 5.74) is 3.31. The minimum Gasteiger partial charge on any atom is -0.303 e. The fourth-order valence-electron chi connectivity index (χ4n) is 2.09. The molecule has 1 heterocycles. The minimum atomic E-state index is 0.933. The summed E-state index contributed by atoms with van der Waals surface area (Å²) in [7, 11) is 0. The van der Waals surface area contributed by atoms with Crippen molar-refractivity contribution in [3.05, 3.63) is 42.0 Å². The van der Waals surface area contributed by atoms with E-state index in [0.29, 0.717) is 0 Å². The molecule has 21 heavy (non-hydrogen) atoms. The Balaban J connectivity index is 1.91.